The molecule has 1 atom stereocenters. The van der Waals surface area contributed by atoms with Crippen molar-refractivity contribution >= 4 is 29.2 Å². The van der Waals surface area contributed by atoms with Gasteiger partial charge in [-0.25, -0.2) is 4.79 Å². The molecule has 5 nitrogen and oxygen atoms in total. The van der Waals surface area contributed by atoms with Crippen LogP contribution in [0.15, 0.2) is 22.7 Å². The molecule has 0 radical (unpaired) electrons. The fourth-order valence-electron chi connectivity index (χ4n) is 2.14. The smallest absolute Gasteiger partial charge is 0.327 e. The van der Waals surface area contributed by atoms with E-state index in [9.17, 15) is 4.79 Å². The van der Waals surface area contributed by atoms with Gasteiger partial charge in [-0.05, 0) is 19.9 Å². The van der Waals surface area contributed by atoms with E-state index in [0.717, 1.165) is 11.3 Å². The molecule has 0 bridgehead atoms. The largest absolute Gasteiger partial charge is 0.468 e. The van der Waals surface area contributed by atoms with E-state index in [-0.39, 0.29) is 0 Å². The van der Waals surface area contributed by atoms with Crippen molar-refractivity contribution in [1.29, 1.82) is 0 Å². The van der Waals surface area contributed by atoms with E-state index in [4.69, 9.17) is 32.5 Å². The van der Waals surface area contributed by atoms with Gasteiger partial charge < -0.3 is 9.26 Å². The van der Waals surface area contributed by atoms with Gasteiger partial charge in [0.15, 0.2) is 0 Å². The number of ether oxygens (including phenoxy) is 1. The molecule has 0 aliphatic rings. The number of methoxy groups -OCH3 is 1. The normalized spacial score (nSPS) is 12.2. The van der Waals surface area contributed by atoms with Crippen LogP contribution in [-0.2, 0) is 16.1 Å². The standard InChI is InChI=1S/C15H16Cl2N2O3/c1-8-11(9(2)22-19-8)7-18-14(15(20)21-3)10-5-4-6-12(16)13(10)17/h4-6,14,18H,7H2,1-3H3. The molecule has 7 heteroatoms. The van der Waals surface area contributed by atoms with Crippen LogP contribution in [0.5, 0.6) is 0 Å². The van der Waals surface area contributed by atoms with Crippen molar-refractivity contribution in [3.63, 3.8) is 0 Å². The van der Waals surface area contributed by atoms with Crippen molar-refractivity contribution in [2.24, 2.45) is 0 Å². The SMILES string of the molecule is COC(=O)C(NCc1c(C)noc1C)c1cccc(Cl)c1Cl. The number of benzene rings is 1. The van der Waals surface area contributed by atoms with Gasteiger partial charge in [0.05, 0.1) is 22.8 Å². The molecule has 0 spiro atoms. The van der Waals surface area contributed by atoms with Crippen molar-refractivity contribution < 1.29 is 14.1 Å². The van der Waals surface area contributed by atoms with E-state index in [1.165, 1.54) is 7.11 Å². The van der Waals surface area contributed by atoms with E-state index < -0.39 is 12.0 Å². The van der Waals surface area contributed by atoms with Gasteiger partial charge >= 0.3 is 5.97 Å². The molecule has 0 saturated carbocycles. The minimum Gasteiger partial charge on any atom is -0.468 e. The quantitative estimate of drug-likeness (QED) is 0.841. The maximum absolute atomic E-state index is 12.1. The number of nitrogens with one attached hydrogen (secondary N) is 1. The molecule has 1 N–H and O–H groups in total. The van der Waals surface area contributed by atoms with Gasteiger partial charge in [-0.3, -0.25) is 5.32 Å². The molecule has 0 aliphatic carbocycles. The molecule has 1 unspecified atom stereocenters. The lowest BCUT2D eigenvalue weighted by Crippen LogP contribution is -2.30. The fourth-order valence-corrected chi connectivity index (χ4v) is 2.56. The Hall–Kier alpha value is -1.56. The summed E-state index contributed by atoms with van der Waals surface area (Å²) in [6.45, 7) is 4.05. The Morgan fingerprint density at radius 3 is 2.73 bits per heavy atom. The van der Waals surface area contributed by atoms with Crippen LogP contribution in [0.3, 0.4) is 0 Å². The van der Waals surface area contributed by atoms with Crippen molar-refractivity contribution in [3.8, 4) is 0 Å². The Balaban J connectivity index is 2.28. The van der Waals surface area contributed by atoms with Gasteiger partial charge in [0.25, 0.3) is 0 Å². The summed E-state index contributed by atoms with van der Waals surface area (Å²) in [7, 11) is 1.32. The monoisotopic (exact) mass is 342 g/mol. The summed E-state index contributed by atoms with van der Waals surface area (Å²) in [5, 5.41) is 7.71. The maximum Gasteiger partial charge on any atom is 0.327 e. The van der Waals surface area contributed by atoms with E-state index in [1.54, 1.807) is 18.2 Å². The third-order valence-electron chi connectivity index (χ3n) is 3.39. The number of hydrogen-bond acceptors (Lipinski definition) is 5. The first-order chi connectivity index (χ1) is 10.5. The Morgan fingerprint density at radius 2 is 2.14 bits per heavy atom. The van der Waals surface area contributed by atoms with Crippen LogP contribution < -0.4 is 5.32 Å². The first kappa shape index (κ1) is 16.8. The number of halogens is 2. The van der Waals surface area contributed by atoms with Gasteiger partial charge in [-0.15, -0.1) is 0 Å². The Labute approximate surface area is 138 Å². The number of carbonyl (C=O) groups excluding carboxylic acids is 1. The minimum absolute atomic E-state index is 0.325. The van der Waals surface area contributed by atoms with E-state index in [0.29, 0.717) is 27.9 Å². The number of aromatic nitrogens is 1. The van der Waals surface area contributed by atoms with Gasteiger partial charge in [-0.2, -0.15) is 0 Å². The first-order valence-electron chi connectivity index (χ1n) is 6.62. The lowest BCUT2D eigenvalue weighted by molar-refractivity contribution is -0.143. The summed E-state index contributed by atoms with van der Waals surface area (Å²) in [6.07, 6.45) is 0. The van der Waals surface area contributed by atoms with Crippen molar-refractivity contribution in [2.45, 2.75) is 26.4 Å². The molecule has 0 aliphatic heterocycles. The molecule has 0 amide bonds. The molecule has 1 aromatic heterocycles. The number of aryl methyl sites for hydroxylation is 2. The van der Waals surface area contributed by atoms with Gasteiger partial charge in [0, 0.05) is 17.7 Å². The average Bonchev–Trinajstić information content (AvgIpc) is 2.82. The van der Waals surface area contributed by atoms with Crippen molar-refractivity contribution in [3.05, 3.63) is 50.8 Å². The Morgan fingerprint density at radius 1 is 1.41 bits per heavy atom. The highest BCUT2D eigenvalue weighted by Gasteiger charge is 2.25. The molecule has 2 aromatic rings. The fraction of sp³-hybridized carbons (Fsp3) is 0.333. The lowest BCUT2D eigenvalue weighted by Gasteiger charge is -2.18. The van der Waals surface area contributed by atoms with Crippen molar-refractivity contribution in [1.82, 2.24) is 10.5 Å². The second-order valence-electron chi connectivity index (χ2n) is 4.78. The zero-order valence-electron chi connectivity index (χ0n) is 12.4. The summed E-state index contributed by atoms with van der Waals surface area (Å²) in [5.41, 5.74) is 2.23. The summed E-state index contributed by atoms with van der Waals surface area (Å²) in [5.74, 6) is 0.252. The summed E-state index contributed by atoms with van der Waals surface area (Å²) in [6, 6.07) is 4.40. The molecular weight excluding hydrogens is 327 g/mol. The summed E-state index contributed by atoms with van der Waals surface area (Å²) < 4.78 is 9.96. The molecule has 22 heavy (non-hydrogen) atoms. The van der Waals surface area contributed by atoms with Crippen LogP contribution in [0.2, 0.25) is 10.0 Å². The van der Waals surface area contributed by atoms with Gasteiger partial charge in [0.2, 0.25) is 0 Å². The van der Waals surface area contributed by atoms with Crippen LogP contribution in [0.4, 0.5) is 0 Å². The van der Waals surface area contributed by atoms with Crippen LogP contribution >= 0.6 is 23.2 Å². The highest BCUT2D eigenvalue weighted by atomic mass is 35.5. The zero-order valence-corrected chi connectivity index (χ0v) is 14.0. The van der Waals surface area contributed by atoms with Gasteiger partial charge in [-0.1, -0.05) is 40.5 Å². The Bertz CT molecular complexity index is 666. The van der Waals surface area contributed by atoms with Crippen LogP contribution in [0.25, 0.3) is 0 Å². The third kappa shape index (κ3) is 3.43. The number of rotatable bonds is 5. The third-order valence-corrected chi connectivity index (χ3v) is 4.23. The molecule has 0 fully saturated rings. The average molecular weight is 343 g/mol. The number of hydrogen-bond donors (Lipinski definition) is 1. The minimum atomic E-state index is -0.732. The second kappa shape index (κ2) is 7.13. The molecule has 1 heterocycles. The van der Waals surface area contributed by atoms with Gasteiger partial charge in [0.1, 0.15) is 11.8 Å². The van der Waals surface area contributed by atoms with E-state index in [2.05, 4.69) is 10.5 Å². The number of nitrogens with zero attached hydrogens (tertiary/aromatic N) is 1. The molecule has 0 saturated heterocycles. The van der Waals surface area contributed by atoms with Crippen molar-refractivity contribution in [2.75, 3.05) is 7.11 Å². The van der Waals surface area contributed by atoms with E-state index in [1.807, 2.05) is 13.8 Å². The maximum atomic E-state index is 12.1. The molecule has 2 rings (SSSR count). The van der Waals surface area contributed by atoms with Crippen LogP contribution in [0.1, 0.15) is 28.6 Å². The highest BCUT2D eigenvalue weighted by molar-refractivity contribution is 6.42. The highest BCUT2D eigenvalue weighted by Crippen LogP contribution is 2.31. The Kier molecular flexibility index (Phi) is 5.45. The predicted molar refractivity (Wildman–Crippen MR) is 84.0 cm³/mol. The van der Waals surface area contributed by atoms with Crippen LogP contribution in [0, 0.1) is 13.8 Å². The predicted octanol–water partition coefficient (Wildman–Crippen LogP) is 3.60. The van der Waals surface area contributed by atoms with E-state index >= 15 is 0 Å². The number of carbonyl (C=O) groups is 1. The lowest BCUT2D eigenvalue weighted by atomic mass is 10.1. The summed E-state index contributed by atoms with van der Waals surface area (Å²) in [4.78, 5) is 12.1. The zero-order chi connectivity index (χ0) is 16.3. The van der Waals surface area contributed by atoms with Crippen LogP contribution in [-0.4, -0.2) is 18.2 Å². The number of esters is 1. The first-order valence-corrected chi connectivity index (χ1v) is 7.38. The second-order valence-corrected chi connectivity index (χ2v) is 5.57. The summed E-state index contributed by atoms with van der Waals surface area (Å²) >= 11 is 12.2. The molecular formula is C15H16Cl2N2O3. The molecule has 1 aromatic carbocycles. The molecule has 118 valence electrons. The topological polar surface area (TPSA) is 64.4 Å².